The number of carbonyl (C=O) groups is 2. The molecule has 1 fully saturated rings. The number of nitrogens with one attached hydrogen (secondary N) is 1. The van der Waals surface area contributed by atoms with Gasteiger partial charge in [-0.3, -0.25) is 9.59 Å². The van der Waals surface area contributed by atoms with E-state index in [4.69, 9.17) is 0 Å². The van der Waals surface area contributed by atoms with E-state index < -0.39 is 17.7 Å². The molecule has 1 aliphatic rings. The number of rotatable bonds is 4. The molecule has 1 aromatic carbocycles. The molecule has 2 heterocycles. The highest BCUT2D eigenvalue weighted by Gasteiger charge is 2.33. The number of piperidine rings is 1. The summed E-state index contributed by atoms with van der Waals surface area (Å²) in [7, 11) is 0. The smallest absolute Gasteiger partial charge is 0.345 e. The molecule has 0 aliphatic carbocycles. The lowest BCUT2D eigenvalue weighted by Crippen LogP contribution is -2.41. The van der Waals surface area contributed by atoms with Gasteiger partial charge in [0.2, 0.25) is 5.91 Å². The van der Waals surface area contributed by atoms with Crippen molar-refractivity contribution in [2.45, 2.75) is 19.0 Å². The number of ketones is 1. The van der Waals surface area contributed by atoms with Gasteiger partial charge in [0, 0.05) is 30.6 Å². The Morgan fingerprint density at radius 2 is 2.11 bits per heavy atom. The first-order valence-electron chi connectivity index (χ1n) is 8.51. The lowest BCUT2D eigenvalue weighted by molar-refractivity contribution is -0.137. The van der Waals surface area contributed by atoms with Gasteiger partial charge >= 0.3 is 6.18 Å². The number of nitrogens with zero attached hydrogens (tertiary/aromatic N) is 2. The third-order valence-electron chi connectivity index (χ3n) is 4.50. The lowest BCUT2D eigenvalue weighted by atomic mass is 9.89. The number of benzene rings is 1. The molecular formula is C19H18F3N3O2. The SMILES string of the molecule is O=C(c1cccc(C(F)(F)F)c1)C1CCCN(C(=O)/C=C/c2cnc[nH]2)C1. The summed E-state index contributed by atoms with van der Waals surface area (Å²) in [6.07, 6.45) is 2.72. The molecule has 0 bridgehead atoms. The standard InChI is InChI=1S/C19H18F3N3O2/c20-19(21,22)15-5-1-3-13(9-15)18(27)14-4-2-8-25(11-14)17(26)7-6-16-10-23-12-24-16/h1,3,5-7,9-10,12,14H,2,4,8,11H2,(H,23,24)/b7-6+. The Labute approximate surface area is 153 Å². The molecular weight excluding hydrogens is 359 g/mol. The Balaban J connectivity index is 1.68. The molecule has 1 atom stereocenters. The van der Waals surface area contributed by atoms with Crippen molar-refractivity contribution in [3.8, 4) is 0 Å². The number of aromatic amines is 1. The van der Waals surface area contributed by atoms with E-state index in [1.165, 1.54) is 24.5 Å². The van der Waals surface area contributed by atoms with Crippen LogP contribution in [-0.4, -0.2) is 39.6 Å². The summed E-state index contributed by atoms with van der Waals surface area (Å²) in [4.78, 5) is 33.2. The van der Waals surface area contributed by atoms with E-state index in [1.807, 2.05) is 0 Å². The molecule has 142 valence electrons. The number of halogens is 3. The fourth-order valence-electron chi connectivity index (χ4n) is 3.10. The second-order valence-electron chi connectivity index (χ2n) is 6.41. The van der Waals surface area contributed by atoms with Gasteiger partial charge in [-0.05, 0) is 31.1 Å². The summed E-state index contributed by atoms with van der Waals surface area (Å²) in [5, 5.41) is 0. The van der Waals surface area contributed by atoms with Gasteiger partial charge in [0.05, 0.1) is 23.8 Å². The predicted molar refractivity (Wildman–Crippen MR) is 92.7 cm³/mol. The number of aromatic nitrogens is 2. The van der Waals surface area contributed by atoms with E-state index in [1.54, 1.807) is 17.2 Å². The summed E-state index contributed by atoms with van der Waals surface area (Å²) >= 11 is 0. The minimum Gasteiger partial charge on any atom is -0.345 e. The number of alkyl halides is 3. The third-order valence-corrected chi connectivity index (χ3v) is 4.50. The predicted octanol–water partition coefficient (Wildman–Crippen LogP) is 3.56. The molecule has 0 spiro atoms. The van der Waals surface area contributed by atoms with Gasteiger partial charge in [-0.1, -0.05) is 12.1 Å². The van der Waals surface area contributed by atoms with Crippen LogP contribution in [0, 0.1) is 5.92 Å². The molecule has 1 N–H and O–H groups in total. The Hall–Kier alpha value is -2.90. The van der Waals surface area contributed by atoms with E-state index in [-0.39, 0.29) is 23.8 Å². The Morgan fingerprint density at radius 3 is 2.81 bits per heavy atom. The average Bonchev–Trinajstić information content (AvgIpc) is 3.18. The lowest BCUT2D eigenvalue weighted by Gasteiger charge is -2.31. The highest BCUT2D eigenvalue weighted by Crippen LogP contribution is 2.30. The zero-order chi connectivity index (χ0) is 19.4. The van der Waals surface area contributed by atoms with Gasteiger partial charge in [-0.2, -0.15) is 13.2 Å². The van der Waals surface area contributed by atoms with E-state index >= 15 is 0 Å². The molecule has 1 aromatic heterocycles. The first-order chi connectivity index (χ1) is 12.8. The van der Waals surface area contributed by atoms with Crippen LogP contribution in [0.1, 0.15) is 34.5 Å². The molecule has 1 unspecified atom stereocenters. The molecule has 3 rings (SSSR count). The Bertz CT molecular complexity index is 844. The van der Waals surface area contributed by atoms with Crippen molar-refractivity contribution in [3.05, 3.63) is 59.7 Å². The van der Waals surface area contributed by atoms with Crippen LogP contribution in [0.5, 0.6) is 0 Å². The van der Waals surface area contributed by atoms with Crippen LogP contribution in [0.25, 0.3) is 6.08 Å². The molecule has 1 amide bonds. The minimum absolute atomic E-state index is 0.0251. The topological polar surface area (TPSA) is 66.1 Å². The number of amides is 1. The number of hydrogen-bond donors (Lipinski definition) is 1. The number of likely N-dealkylation sites (tertiary alicyclic amines) is 1. The number of carbonyl (C=O) groups excluding carboxylic acids is 2. The van der Waals surface area contributed by atoms with Crippen LogP contribution in [-0.2, 0) is 11.0 Å². The maximum absolute atomic E-state index is 12.9. The van der Waals surface area contributed by atoms with Crippen LogP contribution >= 0.6 is 0 Å². The van der Waals surface area contributed by atoms with Crippen LogP contribution in [0.15, 0.2) is 42.9 Å². The van der Waals surface area contributed by atoms with Crippen LogP contribution in [0.2, 0.25) is 0 Å². The summed E-state index contributed by atoms with van der Waals surface area (Å²) < 4.78 is 38.6. The highest BCUT2D eigenvalue weighted by molar-refractivity contribution is 5.99. The van der Waals surface area contributed by atoms with Crippen molar-refractivity contribution in [1.82, 2.24) is 14.9 Å². The summed E-state index contributed by atoms with van der Waals surface area (Å²) in [5.41, 5.74) is -0.145. The van der Waals surface area contributed by atoms with Crippen LogP contribution in [0.4, 0.5) is 13.2 Å². The second-order valence-corrected chi connectivity index (χ2v) is 6.41. The van der Waals surface area contributed by atoms with E-state index in [0.717, 1.165) is 12.1 Å². The van der Waals surface area contributed by atoms with Crippen molar-refractivity contribution >= 4 is 17.8 Å². The highest BCUT2D eigenvalue weighted by atomic mass is 19.4. The van der Waals surface area contributed by atoms with Gasteiger partial charge in [-0.15, -0.1) is 0 Å². The minimum atomic E-state index is -4.50. The number of hydrogen-bond acceptors (Lipinski definition) is 3. The van der Waals surface area contributed by atoms with Crippen LogP contribution in [0.3, 0.4) is 0 Å². The fourth-order valence-corrected chi connectivity index (χ4v) is 3.10. The molecule has 27 heavy (non-hydrogen) atoms. The normalized spacial score (nSPS) is 18.0. The van der Waals surface area contributed by atoms with E-state index in [0.29, 0.717) is 25.1 Å². The van der Waals surface area contributed by atoms with Crippen molar-refractivity contribution in [3.63, 3.8) is 0 Å². The Morgan fingerprint density at radius 1 is 1.30 bits per heavy atom. The monoisotopic (exact) mass is 377 g/mol. The molecule has 0 saturated carbocycles. The zero-order valence-electron chi connectivity index (χ0n) is 14.4. The molecule has 0 radical (unpaired) electrons. The van der Waals surface area contributed by atoms with Crippen LogP contribution < -0.4 is 0 Å². The van der Waals surface area contributed by atoms with E-state index in [9.17, 15) is 22.8 Å². The fraction of sp³-hybridized carbons (Fsp3) is 0.316. The number of H-pyrrole nitrogens is 1. The van der Waals surface area contributed by atoms with Gasteiger partial charge in [-0.25, -0.2) is 4.98 Å². The third kappa shape index (κ3) is 4.64. The maximum Gasteiger partial charge on any atom is 0.416 e. The molecule has 5 nitrogen and oxygen atoms in total. The molecule has 8 heteroatoms. The zero-order valence-corrected chi connectivity index (χ0v) is 14.4. The quantitative estimate of drug-likeness (QED) is 0.654. The van der Waals surface area contributed by atoms with Gasteiger partial charge in [0.25, 0.3) is 0 Å². The van der Waals surface area contributed by atoms with Gasteiger partial charge in [0.15, 0.2) is 5.78 Å². The average molecular weight is 377 g/mol. The van der Waals surface area contributed by atoms with Crippen molar-refractivity contribution in [1.29, 1.82) is 0 Å². The maximum atomic E-state index is 12.9. The van der Waals surface area contributed by atoms with Gasteiger partial charge < -0.3 is 9.88 Å². The summed E-state index contributed by atoms with van der Waals surface area (Å²) in [6, 6.07) is 4.43. The van der Waals surface area contributed by atoms with Crippen molar-refractivity contribution < 1.29 is 22.8 Å². The molecule has 1 aliphatic heterocycles. The number of Topliss-reactive ketones (excluding diaryl/α,β-unsaturated/α-hetero) is 1. The second kappa shape index (κ2) is 7.77. The van der Waals surface area contributed by atoms with Crippen molar-refractivity contribution in [2.75, 3.05) is 13.1 Å². The Kier molecular flexibility index (Phi) is 5.43. The largest absolute Gasteiger partial charge is 0.416 e. The summed E-state index contributed by atoms with van der Waals surface area (Å²) in [6.45, 7) is 0.708. The first kappa shape index (κ1) is 18.9. The van der Waals surface area contributed by atoms with Gasteiger partial charge in [0.1, 0.15) is 0 Å². The van der Waals surface area contributed by atoms with E-state index in [2.05, 4.69) is 9.97 Å². The summed E-state index contributed by atoms with van der Waals surface area (Å²) in [5.74, 6) is -1.12. The molecule has 2 aromatic rings. The first-order valence-corrected chi connectivity index (χ1v) is 8.51. The van der Waals surface area contributed by atoms with Crippen molar-refractivity contribution in [2.24, 2.45) is 5.92 Å². The molecule has 1 saturated heterocycles. The number of imidazole rings is 1.